The lowest BCUT2D eigenvalue weighted by molar-refractivity contribution is -0.137. The summed E-state index contributed by atoms with van der Waals surface area (Å²) in [6, 6.07) is 15.8. The van der Waals surface area contributed by atoms with Crippen molar-refractivity contribution in [3.05, 3.63) is 87.8 Å². The van der Waals surface area contributed by atoms with Crippen LogP contribution in [-0.2, 0) is 19.3 Å². The standard InChI is InChI=1S/C20H17F3N6O/c21-20(22,23)14-7-4-8-15(9-14)24-12-16-10-17(30)29-19(26-16)27-18(28-29)25-11-13-5-2-1-3-6-13/h1-10,24H,11-12H2,(H2,25,26,27,28). The molecular weight excluding hydrogens is 397 g/mol. The van der Waals surface area contributed by atoms with Gasteiger partial charge in [-0.25, -0.2) is 4.98 Å². The lowest BCUT2D eigenvalue weighted by Gasteiger charge is -2.10. The number of rotatable bonds is 6. The van der Waals surface area contributed by atoms with Gasteiger partial charge in [-0.2, -0.15) is 22.7 Å². The van der Waals surface area contributed by atoms with Crippen LogP contribution in [0.15, 0.2) is 65.5 Å². The summed E-state index contributed by atoms with van der Waals surface area (Å²) in [7, 11) is 0. The van der Waals surface area contributed by atoms with Gasteiger partial charge in [0.15, 0.2) is 0 Å². The summed E-state index contributed by atoms with van der Waals surface area (Å²) in [5.41, 5.74) is 0.556. The summed E-state index contributed by atoms with van der Waals surface area (Å²) in [6.45, 7) is 0.589. The van der Waals surface area contributed by atoms with Crippen molar-refractivity contribution in [3.8, 4) is 0 Å². The number of fused-ring (bicyclic) bond motifs is 1. The molecule has 0 saturated heterocycles. The molecule has 0 atom stereocenters. The predicted molar refractivity (Wildman–Crippen MR) is 106 cm³/mol. The van der Waals surface area contributed by atoms with Crippen molar-refractivity contribution in [1.82, 2.24) is 19.6 Å². The normalized spacial score (nSPS) is 11.6. The van der Waals surface area contributed by atoms with Gasteiger partial charge in [-0.3, -0.25) is 9.89 Å². The second-order valence-electron chi connectivity index (χ2n) is 6.56. The predicted octanol–water partition coefficient (Wildman–Crippen LogP) is 3.66. The average molecular weight is 414 g/mol. The number of anilines is 2. The third-order valence-electron chi connectivity index (χ3n) is 4.35. The minimum absolute atomic E-state index is 0.0761. The molecule has 0 fully saturated rings. The first-order chi connectivity index (χ1) is 14.4. The Morgan fingerprint density at radius 3 is 2.50 bits per heavy atom. The zero-order valence-corrected chi connectivity index (χ0v) is 15.6. The number of aromatic nitrogens is 4. The Kier molecular flexibility index (Phi) is 5.13. The molecule has 30 heavy (non-hydrogen) atoms. The van der Waals surface area contributed by atoms with Gasteiger partial charge in [0.2, 0.25) is 5.95 Å². The van der Waals surface area contributed by atoms with E-state index in [1.54, 1.807) is 0 Å². The van der Waals surface area contributed by atoms with Crippen molar-refractivity contribution in [2.24, 2.45) is 0 Å². The van der Waals surface area contributed by atoms with Crippen LogP contribution in [0.1, 0.15) is 16.8 Å². The SMILES string of the molecule is O=c1cc(CNc2cccc(C(F)(F)F)c2)nc2nc(NCc3ccccc3)[nH]n12. The molecule has 0 radical (unpaired) electrons. The number of benzene rings is 2. The van der Waals surface area contributed by atoms with Crippen LogP contribution in [0.4, 0.5) is 24.8 Å². The van der Waals surface area contributed by atoms with Crippen LogP contribution < -0.4 is 16.2 Å². The molecule has 0 aliphatic carbocycles. The monoisotopic (exact) mass is 414 g/mol. The van der Waals surface area contributed by atoms with Gasteiger partial charge < -0.3 is 10.6 Å². The Balaban J connectivity index is 1.48. The molecule has 2 heterocycles. The van der Waals surface area contributed by atoms with Crippen LogP contribution in [-0.4, -0.2) is 19.6 Å². The molecule has 0 aliphatic heterocycles. The topological polar surface area (TPSA) is 87.1 Å². The van der Waals surface area contributed by atoms with E-state index in [1.165, 1.54) is 22.7 Å². The molecule has 4 aromatic rings. The van der Waals surface area contributed by atoms with Gasteiger partial charge in [-0.1, -0.05) is 36.4 Å². The Bertz CT molecular complexity index is 1220. The van der Waals surface area contributed by atoms with E-state index in [9.17, 15) is 18.0 Å². The quantitative estimate of drug-likeness (QED) is 0.448. The van der Waals surface area contributed by atoms with Crippen molar-refractivity contribution >= 4 is 17.4 Å². The molecule has 7 nitrogen and oxygen atoms in total. The van der Waals surface area contributed by atoms with E-state index < -0.39 is 11.7 Å². The summed E-state index contributed by atoms with van der Waals surface area (Å²) in [5.74, 6) is 0.547. The smallest absolute Gasteiger partial charge is 0.379 e. The minimum atomic E-state index is -4.42. The van der Waals surface area contributed by atoms with E-state index in [-0.39, 0.29) is 23.6 Å². The summed E-state index contributed by atoms with van der Waals surface area (Å²) in [6.07, 6.45) is -4.42. The number of aromatic amines is 1. The number of alkyl halides is 3. The second kappa shape index (κ2) is 7.90. The maximum Gasteiger partial charge on any atom is 0.416 e. The molecule has 2 aromatic heterocycles. The van der Waals surface area contributed by atoms with E-state index in [2.05, 4.69) is 25.7 Å². The van der Waals surface area contributed by atoms with E-state index in [0.29, 0.717) is 18.2 Å². The van der Waals surface area contributed by atoms with Crippen LogP contribution in [0.2, 0.25) is 0 Å². The summed E-state index contributed by atoms with van der Waals surface area (Å²) in [5, 5.41) is 8.77. The first-order valence-corrected chi connectivity index (χ1v) is 9.06. The Hall–Kier alpha value is -3.82. The van der Waals surface area contributed by atoms with Crippen molar-refractivity contribution < 1.29 is 13.2 Å². The van der Waals surface area contributed by atoms with Crippen LogP contribution in [0, 0.1) is 0 Å². The highest BCUT2D eigenvalue weighted by molar-refractivity contribution is 5.47. The largest absolute Gasteiger partial charge is 0.416 e. The summed E-state index contributed by atoms with van der Waals surface area (Å²) < 4.78 is 39.7. The third kappa shape index (κ3) is 4.43. The third-order valence-corrected chi connectivity index (χ3v) is 4.35. The molecule has 0 unspecified atom stereocenters. The molecule has 0 aliphatic rings. The molecule has 3 N–H and O–H groups in total. The number of H-pyrrole nitrogens is 1. The Morgan fingerprint density at radius 1 is 0.933 bits per heavy atom. The number of hydrogen-bond acceptors (Lipinski definition) is 5. The van der Waals surface area contributed by atoms with Gasteiger partial charge in [0.25, 0.3) is 11.3 Å². The van der Waals surface area contributed by atoms with Crippen LogP contribution in [0.25, 0.3) is 5.78 Å². The fraction of sp³-hybridized carbons (Fsp3) is 0.150. The van der Waals surface area contributed by atoms with Crippen LogP contribution in [0.3, 0.4) is 0 Å². The van der Waals surface area contributed by atoms with E-state index in [0.717, 1.165) is 17.7 Å². The van der Waals surface area contributed by atoms with Crippen molar-refractivity contribution in [3.63, 3.8) is 0 Å². The Morgan fingerprint density at radius 2 is 1.73 bits per heavy atom. The highest BCUT2D eigenvalue weighted by Crippen LogP contribution is 2.30. The first kappa shape index (κ1) is 19.5. The molecule has 0 bridgehead atoms. The maximum atomic E-state index is 12.8. The lowest BCUT2D eigenvalue weighted by Crippen LogP contribution is -2.17. The van der Waals surface area contributed by atoms with Crippen molar-refractivity contribution in [1.29, 1.82) is 0 Å². The average Bonchev–Trinajstić information content (AvgIpc) is 3.15. The van der Waals surface area contributed by atoms with Crippen molar-refractivity contribution in [2.75, 3.05) is 10.6 Å². The zero-order valence-electron chi connectivity index (χ0n) is 15.6. The van der Waals surface area contributed by atoms with Gasteiger partial charge >= 0.3 is 6.18 Å². The number of hydrogen-bond donors (Lipinski definition) is 3. The van der Waals surface area contributed by atoms with Crippen LogP contribution >= 0.6 is 0 Å². The number of halogens is 3. The van der Waals surface area contributed by atoms with E-state index in [1.807, 2.05) is 30.3 Å². The first-order valence-electron chi connectivity index (χ1n) is 9.06. The van der Waals surface area contributed by atoms with Crippen molar-refractivity contribution in [2.45, 2.75) is 19.3 Å². The zero-order chi connectivity index (χ0) is 21.1. The number of nitrogens with one attached hydrogen (secondary N) is 3. The van der Waals surface area contributed by atoms with E-state index in [4.69, 9.17) is 0 Å². The van der Waals surface area contributed by atoms with Gasteiger partial charge in [-0.15, -0.1) is 0 Å². The molecular formula is C20H17F3N6O. The molecule has 0 saturated carbocycles. The molecule has 4 rings (SSSR count). The lowest BCUT2D eigenvalue weighted by atomic mass is 10.2. The summed E-state index contributed by atoms with van der Waals surface area (Å²) >= 11 is 0. The molecule has 154 valence electrons. The second-order valence-corrected chi connectivity index (χ2v) is 6.56. The molecule has 0 amide bonds. The highest BCUT2D eigenvalue weighted by atomic mass is 19.4. The maximum absolute atomic E-state index is 12.8. The molecule has 2 aromatic carbocycles. The van der Waals surface area contributed by atoms with Gasteiger partial charge in [0.05, 0.1) is 17.8 Å². The highest BCUT2D eigenvalue weighted by Gasteiger charge is 2.30. The minimum Gasteiger partial charge on any atom is -0.379 e. The molecule has 0 spiro atoms. The number of nitrogens with zero attached hydrogens (tertiary/aromatic N) is 3. The van der Waals surface area contributed by atoms with Crippen LogP contribution in [0.5, 0.6) is 0 Å². The van der Waals surface area contributed by atoms with Gasteiger partial charge in [0.1, 0.15) is 0 Å². The fourth-order valence-electron chi connectivity index (χ4n) is 2.88. The van der Waals surface area contributed by atoms with Gasteiger partial charge in [0, 0.05) is 18.3 Å². The molecule has 10 heteroatoms. The van der Waals surface area contributed by atoms with E-state index >= 15 is 0 Å². The fourth-order valence-corrected chi connectivity index (χ4v) is 2.88. The summed E-state index contributed by atoms with van der Waals surface area (Å²) in [4.78, 5) is 20.9. The Labute approximate surface area is 168 Å². The van der Waals surface area contributed by atoms with Gasteiger partial charge in [-0.05, 0) is 23.8 Å².